The molecule has 0 saturated carbocycles. The number of nitrogens with one attached hydrogen (secondary N) is 1. The summed E-state index contributed by atoms with van der Waals surface area (Å²) < 4.78 is 5.31. The second-order valence-electron chi connectivity index (χ2n) is 7.44. The van der Waals surface area contributed by atoms with Crippen LogP contribution in [0.4, 0.5) is 0 Å². The van der Waals surface area contributed by atoms with Gasteiger partial charge in [0.25, 0.3) is 0 Å². The minimum atomic E-state index is -0.465. The largest absolute Gasteiger partial charge is 0.459 e. The van der Waals surface area contributed by atoms with Gasteiger partial charge in [-0.15, -0.1) is 0 Å². The molecule has 0 aromatic rings. The number of hydrogen-bond donors (Lipinski definition) is 1. The highest BCUT2D eigenvalue weighted by Gasteiger charge is 2.21. The molecule has 1 aliphatic heterocycles. The normalized spacial score (nSPS) is 17.5. The van der Waals surface area contributed by atoms with E-state index < -0.39 is 5.60 Å². The molecule has 0 aromatic heterocycles. The molecule has 6 heteroatoms. The number of guanidine groups is 1. The predicted molar refractivity (Wildman–Crippen MR) is 94.7 cm³/mol. The van der Waals surface area contributed by atoms with Crippen LogP contribution < -0.4 is 5.32 Å². The molecule has 6 nitrogen and oxygen atoms in total. The summed E-state index contributed by atoms with van der Waals surface area (Å²) in [7, 11) is 0. The zero-order chi connectivity index (χ0) is 17.5. The fourth-order valence-corrected chi connectivity index (χ4v) is 2.60. The Labute approximate surface area is 141 Å². The number of hydrogen-bond acceptors (Lipinski definition) is 4. The average molecular weight is 326 g/mol. The van der Waals surface area contributed by atoms with Crippen LogP contribution in [-0.4, -0.2) is 73.1 Å². The quantitative estimate of drug-likeness (QED) is 0.472. The molecule has 0 unspecified atom stereocenters. The Balaban J connectivity index is 2.54. The summed E-state index contributed by atoms with van der Waals surface area (Å²) in [5, 5.41) is 3.28. The molecule has 0 radical (unpaired) electrons. The second-order valence-corrected chi connectivity index (χ2v) is 7.44. The molecule has 1 fully saturated rings. The molecule has 1 rings (SSSR count). The number of piperazine rings is 1. The lowest BCUT2D eigenvalue weighted by molar-refractivity contribution is -0.152. The van der Waals surface area contributed by atoms with Crippen LogP contribution in [0, 0.1) is 5.92 Å². The summed E-state index contributed by atoms with van der Waals surface area (Å²) in [5.74, 6) is 1.21. The maximum atomic E-state index is 11.8. The van der Waals surface area contributed by atoms with Gasteiger partial charge in [-0.3, -0.25) is 9.69 Å². The van der Waals surface area contributed by atoms with Crippen LogP contribution >= 0.6 is 0 Å². The Bertz CT molecular complexity index is 394. The van der Waals surface area contributed by atoms with Crippen LogP contribution in [0.5, 0.6) is 0 Å². The van der Waals surface area contributed by atoms with E-state index in [9.17, 15) is 4.79 Å². The zero-order valence-electron chi connectivity index (χ0n) is 15.7. The second kappa shape index (κ2) is 9.11. The van der Waals surface area contributed by atoms with Crippen LogP contribution in [-0.2, 0) is 9.53 Å². The Hall–Kier alpha value is -1.30. The highest BCUT2D eigenvalue weighted by Crippen LogP contribution is 2.08. The van der Waals surface area contributed by atoms with Crippen molar-refractivity contribution in [1.29, 1.82) is 0 Å². The molecule has 0 atom stereocenters. The molecule has 1 aliphatic rings. The lowest BCUT2D eigenvalue weighted by Gasteiger charge is -2.37. The molecule has 0 bridgehead atoms. The summed E-state index contributed by atoms with van der Waals surface area (Å²) >= 11 is 0. The standard InChI is InChI=1S/C17H34N4O2/c1-7-18-16(19-12-15(22)23-17(4,5)6)21-10-8-20(9-11-21)13-14(2)3/h14H,7-13H2,1-6H3,(H,18,19). The number of aliphatic imine (C=N–C) groups is 1. The number of rotatable bonds is 5. The third-order valence-corrected chi connectivity index (χ3v) is 3.41. The smallest absolute Gasteiger partial charge is 0.328 e. The predicted octanol–water partition coefficient (Wildman–Crippen LogP) is 1.57. The van der Waals surface area contributed by atoms with Gasteiger partial charge < -0.3 is 15.0 Å². The third-order valence-electron chi connectivity index (χ3n) is 3.41. The van der Waals surface area contributed by atoms with Gasteiger partial charge in [0.2, 0.25) is 0 Å². The van der Waals surface area contributed by atoms with E-state index in [1.165, 1.54) is 0 Å². The van der Waals surface area contributed by atoms with Crippen molar-refractivity contribution in [2.75, 3.05) is 45.8 Å². The van der Waals surface area contributed by atoms with Gasteiger partial charge in [-0.25, -0.2) is 4.99 Å². The minimum Gasteiger partial charge on any atom is -0.459 e. The average Bonchev–Trinajstić information content (AvgIpc) is 2.42. The van der Waals surface area contributed by atoms with E-state index in [-0.39, 0.29) is 12.5 Å². The van der Waals surface area contributed by atoms with E-state index in [1.54, 1.807) is 0 Å². The van der Waals surface area contributed by atoms with E-state index in [0.717, 1.165) is 45.2 Å². The zero-order valence-corrected chi connectivity index (χ0v) is 15.7. The van der Waals surface area contributed by atoms with Gasteiger partial charge in [0, 0.05) is 39.3 Å². The highest BCUT2D eigenvalue weighted by molar-refractivity contribution is 5.83. The van der Waals surface area contributed by atoms with Gasteiger partial charge in [-0.1, -0.05) is 13.8 Å². The SMILES string of the molecule is CCNC(=NCC(=O)OC(C)(C)C)N1CCN(CC(C)C)CC1. The van der Waals surface area contributed by atoms with E-state index >= 15 is 0 Å². The number of nitrogens with zero attached hydrogens (tertiary/aromatic N) is 3. The Morgan fingerprint density at radius 2 is 1.83 bits per heavy atom. The summed E-state index contributed by atoms with van der Waals surface area (Å²) in [6.07, 6.45) is 0. The van der Waals surface area contributed by atoms with Crippen molar-refractivity contribution in [2.24, 2.45) is 10.9 Å². The summed E-state index contributed by atoms with van der Waals surface area (Å²) in [6.45, 7) is 18.1. The van der Waals surface area contributed by atoms with Crippen molar-refractivity contribution in [3.05, 3.63) is 0 Å². The van der Waals surface area contributed by atoms with Crippen LogP contribution in [0.1, 0.15) is 41.5 Å². The number of esters is 1. The van der Waals surface area contributed by atoms with Gasteiger partial charge in [0.15, 0.2) is 5.96 Å². The first kappa shape index (κ1) is 19.7. The highest BCUT2D eigenvalue weighted by atomic mass is 16.6. The van der Waals surface area contributed by atoms with Gasteiger partial charge in [0.05, 0.1) is 0 Å². The van der Waals surface area contributed by atoms with Crippen molar-refractivity contribution in [3.63, 3.8) is 0 Å². The number of carbonyl (C=O) groups excluding carboxylic acids is 1. The first-order chi connectivity index (χ1) is 10.7. The minimum absolute atomic E-state index is 0.0613. The summed E-state index contributed by atoms with van der Waals surface area (Å²) in [5.41, 5.74) is -0.465. The topological polar surface area (TPSA) is 57.2 Å². The van der Waals surface area contributed by atoms with E-state index in [1.807, 2.05) is 27.7 Å². The summed E-state index contributed by atoms with van der Waals surface area (Å²) in [4.78, 5) is 21.0. The lowest BCUT2D eigenvalue weighted by Crippen LogP contribution is -2.53. The van der Waals surface area contributed by atoms with Crippen molar-refractivity contribution in [3.8, 4) is 0 Å². The van der Waals surface area contributed by atoms with Crippen LogP contribution in [0.2, 0.25) is 0 Å². The van der Waals surface area contributed by atoms with E-state index in [4.69, 9.17) is 4.74 Å². The van der Waals surface area contributed by atoms with Crippen molar-refractivity contribution in [1.82, 2.24) is 15.1 Å². The Morgan fingerprint density at radius 3 is 2.30 bits per heavy atom. The molecule has 0 spiro atoms. The fraction of sp³-hybridized carbons (Fsp3) is 0.882. The van der Waals surface area contributed by atoms with Gasteiger partial charge in [-0.2, -0.15) is 0 Å². The molecule has 1 heterocycles. The maximum Gasteiger partial charge on any atom is 0.328 e. The molecule has 1 N–H and O–H groups in total. The van der Waals surface area contributed by atoms with Crippen LogP contribution in [0.25, 0.3) is 0 Å². The molecular formula is C17H34N4O2. The van der Waals surface area contributed by atoms with Crippen LogP contribution in [0.3, 0.4) is 0 Å². The molecule has 1 saturated heterocycles. The number of ether oxygens (including phenoxy) is 1. The van der Waals surface area contributed by atoms with Gasteiger partial charge in [-0.05, 0) is 33.6 Å². The van der Waals surface area contributed by atoms with Crippen molar-refractivity contribution < 1.29 is 9.53 Å². The number of carbonyl (C=O) groups is 1. The monoisotopic (exact) mass is 326 g/mol. The molecule has 0 amide bonds. The Kier molecular flexibility index (Phi) is 7.82. The molecule has 134 valence electrons. The van der Waals surface area contributed by atoms with Gasteiger partial charge in [0.1, 0.15) is 12.1 Å². The first-order valence-corrected chi connectivity index (χ1v) is 8.68. The molecule has 0 aliphatic carbocycles. The van der Waals surface area contributed by atoms with E-state index in [0.29, 0.717) is 5.92 Å². The van der Waals surface area contributed by atoms with Crippen molar-refractivity contribution >= 4 is 11.9 Å². The molecule has 23 heavy (non-hydrogen) atoms. The van der Waals surface area contributed by atoms with Crippen molar-refractivity contribution in [2.45, 2.75) is 47.1 Å². The van der Waals surface area contributed by atoms with Crippen LogP contribution in [0.15, 0.2) is 4.99 Å². The maximum absolute atomic E-state index is 11.8. The first-order valence-electron chi connectivity index (χ1n) is 8.68. The Morgan fingerprint density at radius 1 is 1.22 bits per heavy atom. The molecular weight excluding hydrogens is 292 g/mol. The van der Waals surface area contributed by atoms with E-state index in [2.05, 4.69) is 34.0 Å². The van der Waals surface area contributed by atoms with Gasteiger partial charge >= 0.3 is 5.97 Å². The summed E-state index contributed by atoms with van der Waals surface area (Å²) in [6, 6.07) is 0. The molecule has 0 aromatic carbocycles. The third kappa shape index (κ3) is 8.21. The fourth-order valence-electron chi connectivity index (χ4n) is 2.60. The lowest BCUT2D eigenvalue weighted by atomic mass is 10.2.